The van der Waals surface area contributed by atoms with E-state index in [1.54, 1.807) is 39.5 Å². The van der Waals surface area contributed by atoms with E-state index >= 15 is 0 Å². The molecule has 0 saturated carbocycles. The molecule has 1 atom stereocenters. The fourth-order valence-electron chi connectivity index (χ4n) is 1.78. The molecule has 1 unspecified atom stereocenters. The van der Waals surface area contributed by atoms with E-state index in [-0.39, 0.29) is 6.04 Å². The van der Waals surface area contributed by atoms with Crippen molar-refractivity contribution in [3.05, 3.63) is 18.2 Å². The van der Waals surface area contributed by atoms with E-state index in [2.05, 4.69) is 10.3 Å². The lowest BCUT2D eigenvalue weighted by Gasteiger charge is -2.13. The number of guanidine groups is 1. The van der Waals surface area contributed by atoms with E-state index in [9.17, 15) is 0 Å². The highest BCUT2D eigenvalue weighted by Gasteiger charge is 2.03. The first kappa shape index (κ1) is 17.9. The Morgan fingerprint density at radius 1 is 1.14 bits per heavy atom. The molecule has 0 spiro atoms. The molecule has 0 saturated heterocycles. The minimum atomic E-state index is 0.109. The summed E-state index contributed by atoms with van der Waals surface area (Å²) in [4.78, 5) is 4.19. The third-order valence-corrected chi connectivity index (χ3v) is 2.78. The molecule has 0 amide bonds. The van der Waals surface area contributed by atoms with Crippen molar-refractivity contribution in [2.24, 2.45) is 10.7 Å². The lowest BCUT2D eigenvalue weighted by atomic mass is 10.3. The van der Waals surface area contributed by atoms with E-state index in [4.69, 9.17) is 24.7 Å². The van der Waals surface area contributed by atoms with E-state index in [0.717, 1.165) is 0 Å². The second-order valence-corrected chi connectivity index (χ2v) is 4.66. The first-order valence-corrected chi connectivity index (χ1v) is 7.00. The van der Waals surface area contributed by atoms with Crippen LogP contribution < -0.4 is 25.3 Å². The van der Waals surface area contributed by atoms with Gasteiger partial charge < -0.3 is 30.0 Å². The van der Waals surface area contributed by atoms with Crippen LogP contribution in [0.25, 0.3) is 0 Å². The molecule has 22 heavy (non-hydrogen) atoms. The van der Waals surface area contributed by atoms with Gasteiger partial charge in [0.15, 0.2) is 5.96 Å². The molecular formula is C15H25N3O4. The van der Waals surface area contributed by atoms with Gasteiger partial charge in [0.25, 0.3) is 0 Å². The molecule has 3 N–H and O–H groups in total. The van der Waals surface area contributed by atoms with Crippen LogP contribution in [0.15, 0.2) is 23.2 Å². The van der Waals surface area contributed by atoms with Crippen LogP contribution in [0, 0.1) is 0 Å². The zero-order valence-corrected chi connectivity index (χ0v) is 13.6. The first-order chi connectivity index (χ1) is 10.6. The van der Waals surface area contributed by atoms with Gasteiger partial charge in [-0.2, -0.15) is 0 Å². The van der Waals surface area contributed by atoms with Gasteiger partial charge in [-0.1, -0.05) is 0 Å². The Labute approximate surface area is 131 Å². The van der Waals surface area contributed by atoms with Gasteiger partial charge in [-0.3, -0.25) is 0 Å². The Balaban J connectivity index is 2.43. The lowest BCUT2D eigenvalue weighted by molar-refractivity contribution is 0.179. The zero-order chi connectivity index (χ0) is 16.4. The normalized spacial score (nSPS) is 12.6. The van der Waals surface area contributed by atoms with Crippen molar-refractivity contribution in [1.29, 1.82) is 0 Å². The Morgan fingerprint density at radius 3 is 2.27 bits per heavy atom. The predicted molar refractivity (Wildman–Crippen MR) is 86.0 cm³/mol. The van der Waals surface area contributed by atoms with Gasteiger partial charge in [-0.25, -0.2) is 4.99 Å². The van der Waals surface area contributed by atoms with E-state index in [1.165, 1.54) is 0 Å². The Bertz CT molecular complexity index is 458. The van der Waals surface area contributed by atoms with Crippen molar-refractivity contribution >= 4 is 5.96 Å². The SMILES string of the molecule is COCC(C)NC(N)=NCCOc1cc(OC)cc(OC)c1. The van der Waals surface area contributed by atoms with E-state index in [1.807, 2.05) is 6.92 Å². The highest BCUT2D eigenvalue weighted by molar-refractivity contribution is 5.78. The topological polar surface area (TPSA) is 87.3 Å². The molecule has 0 heterocycles. The number of hydrogen-bond acceptors (Lipinski definition) is 5. The van der Waals surface area contributed by atoms with Gasteiger partial charge >= 0.3 is 0 Å². The summed E-state index contributed by atoms with van der Waals surface area (Å²) in [6, 6.07) is 5.46. The maximum absolute atomic E-state index is 5.76. The van der Waals surface area contributed by atoms with Crippen LogP contribution in [-0.2, 0) is 4.74 Å². The minimum Gasteiger partial charge on any atom is -0.496 e. The lowest BCUT2D eigenvalue weighted by Crippen LogP contribution is -2.40. The molecule has 1 aromatic rings. The molecule has 0 aliphatic rings. The third-order valence-electron chi connectivity index (χ3n) is 2.78. The molecule has 7 heteroatoms. The number of rotatable bonds is 9. The summed E-state index contributed by atoms with van der Waals surface area (Å²) in [5.41, 5.74) is 5.76. The van der Waals surface area contributed by atoms with Crippen LogP contribution >= 0.6 is 0 Å². The van der Waals surface area contributed by atoms with Crippen molar-refractivity contribution in [2.45, 2.75) is 13.0 Å². The van der Waals surface area contributed by atoms with Crippen LogP contribution in [0.2, 0.25) is 0 Å². The summed E-state index contributed by atoms with van der Waals surface area (Å²) in [5.74, 6) is 2.38. The van der Waals surface area contributed by atoms with E-state index < -0.39 is 0 Å². The van der Waals surface area contributed by atoms with Crippen molar-refractivity contribution in [1.82, 2.24) is 5.32 Å². The molecule has 0 bridgehead atoms. The predicted octanol–water partition coefficient (Wildman–Crippen LogP) is 1.02. The standard InChI is InChI=1S/C15H25N3O4/c1-11(10-19-2)18-15(16)17-5-6-22-14-8-12(20-3)7-13(9-14)21-4/h7-9,11H,5-6,10H2,1-4H3,(H3,16,17,18). The Kier molecular flexibility index (Phi) is 7.91. The van der Waals surface area contributed by atoms with Crippen molar-refractivity contribution < 1.29 is 18.9 Å². The number of ether oxygens (including phenoxy) is 4. The molecule has 124 valence electrons. The van der Waals surface area contributed by atoms with Crippen LogP contribution in [0.1, 0.15) is 6.92 Å². The number of methoxy groups -OCH3 is 3. The van der Waals surface area contributed by atoms with Crippen LogP contribution in [0.5, 0.6) is 17.2 Å². The minimum absolute atomic E-state index is 0.109. The molecule has 0 aromatic heterocycles. The number of nitrogens with zero attached hydrogens (tertiary/aromatic N) is 1. The second-order valence-electron chi connectivity index (χ2n) is 4.66. The molecule has 0 aliphatic carbocycles. The molecule has 0 radical (unpaired) electrons. The number of aliphatic imine (C=N–C) groups is 1. The highest BCUT2D eigenvalue weighted by Crippen LogP contribution is 2.27. The quantitative estimate of drug-likeness (QED) is 0.402. The average molecular weight is 311 g/mol. The van der Waals surface area contributed by atoms with Crippen molar-refractivity contribution in [3.8, 4) is 17.2 Å². The zero-order valence-electron chi connectivity index (χ0n) is 13.6. The number of hydrogen-bond donors (Lipinski definition) is 2. The fourth-order valence-corrected chi connectivity index (χ4v) is 1.78. The summed E-state index contributed by atoms with van der Waals surface area (Å²) in [7, 11) is 4.83. The smallest absolute Gasteiger partial charge is 0.188 e. The molecule has 7 nitrogen and oxygen atoms in total. The van der Waals surface area contributed by atoms with Gasteiger partial charge in [-0.05, 0) is 6.92 Å². The van der Waals surface area contributed by atoms with Gasteiger partial charge in [0.05, 0.1) is 27.4 Å². The number of nitrogens with two attached hydrogens (primary N) is 1. The Hall–Kier alpha value is -2.15. The number of benzene rings is 1. The summed E-state index contributed by atoms with van der Waals surface area (Å²) in [5, 5.41) is 3.02. The van der Waals surface area contributed by atoms with Gasteiger partial charge in [0.1, 0.15) is 23.9 Å². The monoisotopic (exact) mass is 311 g/mol. The summed E-state index contributed by atoms with van der Waals surface area (Å²) >= 11 is 0. The largest absolute Gasteiger partial charge is 0.496 e. The molecular weight excluding hydrogens is 286 g/mol. The first-order valence-electron chi connectivity index (χ1n) is 7.00. The summed E-state index contributed by atoms with van der Waals surface area (Å²) < 4.78 is 21.0. The molecule has 1 rings (SSSR count). The number of nitrogens with one attached hydrogen (secondary N) is 1. The van der Waals surface area contributed by atoms with Gasteiger partial charge in [-0.15, -0.1) is 0 Å². The van der Waals surface area contributed by atoms with Crippen LogP contribution in [-0.4, -0.2) is 53.1 Å². The van der Waals surface area contributed by atoms with Crippen LogP contribution in [0.4, 0.5) is 0 Å². The highest BCUT2D eigenvalue weighted by atomic mass is 16.5. The maximum Gasteiger partial charge on any atom is 0.188 e. The summed E-state index contributed by atoms with van der Waals surface area (Å²) in [6.45, 7) is 3.37. The summed E-state index contributed by atoms with van der Waals surface area (Å²) in [6.07, 6.45) is 0. The molecule has 0 aliphatic heterocycles. The third kappa shape index (κ3) is 6.53. The van der Waals surface area contributed by atoms with Gasteiger partial charge in [0.2, 0.25) is 0 Å². The second kappa shape index (κ2) is 9.73. The fraction of sp³-hybridized carbons (Fsp3) is 0.533. The molecule has 0 fully saturated rings. The van der Waals surface area contributed by atoms with E-state index in [0.29, 0.717) is 43.0 Å². The maximum atomic E-state index is 5.76. The molecule has 1 aromatic carbocycles. The average Bonchev–Trinajstić information content (AvgIpc) is 2.51. The van der Waals surface area contributed by atoms with Crippen LogP contribution in [0.3, 0.4) is 0 Å². The van der Waals surface area contributed by atoms with Crippen molar-refractivity contribution in [2.75, 3.05) is 41.1 Å². The van der Waals surface area contributed by atoms with Crippen molar-refractivity contribution in [3.63, 3.8) is 0 Å². The Morgan fingerprint density at radius 2 is 1.73 bits per heavy atom. The van der Waals surface area contributed by atoms with Gasteiger partial charge in [0, 0.05) is 31.4 Å².